The SMILES string of the molecule is CC.CC(C)N(C)C1CCC1.CCc1nc2ccc(C(C)(C)C)cc2[nH]1. The molecule has 2 aromatic rings. The summed E-state index contributed by atoms with van der Waals surface area (Å²) in [4.78, 5) is 10.3. The van der Waals surface area contributed by atoms with Crippen LogP contribution < -0.4 is 0 Å². The lowest BCUT2D eigenvalue weighted by Crippen LogP contribution is -2.41. The predicted octanol–water partition coefficient (Wildman–Crippen LogP) is 6.33. The van der Waals surface area contributed by atoms with Gasteiger partial charge in [0.25, 0.3) is 0 Å². The monoisotopic (exact) mass is 359 g/mol. The van der Waals surface area contributed by atoms with E-state index >= 15 is 0 Å². The molecule has 0 spiro atoms. The summed E-state index contributed by atoms with van der Waals surface area (Å²) in [5.74, 6) is 1.07. The van der Waals surface area contributed by atoms with Crippen LogP contribution in [0.4, 0.5) is 0 Å². The molecule has 1 aliphatic rings. The van der Waals surface area contributed by atoms with Crippen molar-refractivity contribution in [2.45, 2.75) is 98.6 Å². The number of hydrogen-bond donors (Lipinski definition) is 1. The summed E-state index contributed by atoms with van der Waals surface area (Å²) in [6.07, 6.45) is 5.25. The van der Waals surface area contributed by atoms with Crippen LogP contribution in [0.2, 0.25) is 0 Å². The summed E-state index contributed by atoms with van der Waals surface area (Å²) < 4.78 is 0. The van der Waals surface area contributed by atoms with E-state index in [0.717, 1.165) is 35.4 Å². The largest absolute Gasteiger partial charge is 0.342 e. The molecule has 0 atom stereocenters. The second-order valence-corrected chi connectivity index (χ2v) is 8.36. The Kier molecular flexibility index (Phi) is 8.82. The fraction of sp³-hybridized carbons (Fsp3) is 0.696. The Hall–Kier alpha value is -1.35. The van der Waals surface area contributed by atoms with Gasteiger partial charge in [-0.15, -0.1) is 0 Å². The topological polar surface area (TPSA) is 31.9 Å². The molecule has 0 saturated heterocycles. The van der Waals surface area contributed by atoms with Crippen molar-refractivity contribution in [1.82, 2.24) is 14.9 Å². The maximum absolute atomic E-state index is 4.50. The predicted molar refractivity (Wildman–Crippen MR) is 116 cm³/mol. The fourth-order valence-electron chi connectivity index (χ4n) is 2.91. The smallest absolute Gasteiger partial charge is 0.106 e. The van der Waals surface area contributed by atoms with Gasteiger partial charge in [0.15, 0.2) is 0 Å². The Morgan fingerprint density at radius 2 is 1.81 bits per heavy atom. The lowest BCUT2D eigenvalue weighted by atomic mass is 9.87. The van der Waals surface area contributed by atoms with Gasteiger partial charge in [0, 0.05) is 18.5 Å². The molecule has 1 aliphatic carbocycles. The Labute approximate surface area is 161 Å². The summed E-state index contributed by atoms with van der Waals surface area (Å²) in [5.41, 5.74) is 3.77. The Balaban J connectivity index is 0.000000263. The molecule has 1 aromatic carbocycles. The zero-order chi connectivity index (χ0) is 19.9. The number of aromatic nitrogens is 2. The average molecular weight is 360 g/mol. The van der Waals surface area contributed by atoms with Crippen LogP contribution in [-0.4, -0.2) is 34.0 Å². The van der Waals surface area contributed by atoms with Crippen LogP contribution in [-0.2, 0) is 11.8 Å². The number of aromatic amines is 1. The van der Waals surface area contributed by atoms with E-state index in [0.29, 0.717) is 0 Å². The second-order valence-electron chi connectivity index (χ2n) is 8.36. The number of fused-ring (bicyclic) bond motifs is 1. The van der Waals surface area contributed by atoms with E-state index in [1.54, 1.807) is 0 Å². The third kappa shape index (κ3) is 6.12. The number of rotatable bonds is 3. The lowest BCUT2D eigenvalue weighted by Gasteiger charge is -2.37. The number of aryl methyl sites for hydroxylation is 1. The zero-order valence-electron chi connectivity index (χ0n) is 18.6. The number of nitrogens with one attached hydrogen (secondary N) is 1. The molecule has 148 valence electrons. The molecular formula is C23H41N3. The van der Waals surface area contributed by atoms with Crippen LogP contribution in [0.15, 0.2) is 18.2 Å². The summed E-state index contributed by atoms with van der Waals surface area (Å²) in [6.45, 7) is 17.3. The first-order valence-corrected chi connectivity index (χ1v) is 10.4. The van der Waals surface area contributed by atoms with E-state index in [9.17, 15) is 0 Å². The summed E-state index contributed by atoms with van der Waals surface area (Å²) >= 11 is 0. The van der Waals surface area contributed by atoms with Crippen LogP contribution in [0.25, 0.3) is 11.0 Å². The van der Waals surface area contributed by atoms with Crippen molar-refractivity contribution in [3.63, 3.8) is 0 Å². The van der Waals surface area contributed by atoms with Gasteiger partial charge in [0.2, 0.25) is 0 Å². The maximum Gasteiger partial charge on any atom is 0.106 e. The zero-order valence-corrected chi connectivity index (χ0v) is 18.6. The maximum atomic E-state index is 4.50. The molecule has 1 N–H and O–H groups in total. The molecular weight excluding hydrogens is 318 g/mol. The van der Waals surface area contributed by atoms with Gasteiger partial charge in [-0.3, -0.25) is 0 Å². The number of H-pyrrole nitrogens is 1. The Morgan fingerprint density at radius 3 is 2.19 bits per heavy atom. The van der Waals surface area contributed by atoms with Gasteiger partial charge < -0.3 is 9.88 Å². The van der Waals surface area contributed by atoms with Crippen molar-refractivity contribution < 1.29 is 0 Å². The minimum atomic E-state index is 0.200. The van der Waals surface area contributed by atoms with E-state index in [4.69, 9.17) is 0 Å². The third-order valence-electron chi connectivity index (χ3n) is 5.20. The molecule has 3 nitrogen and oxygen atoms in total. The number of hydrogen-bond acceptors (Lipinski definition) is 2. The minimum Gasteiger partial charge on any atom is -0.342 e. The van der Waals surface area contributed by atoms with Gasteiger partial charge >= 0.3 is 0 Å². The van der Waals surface area contributed by atoms with Crippen LogP contribution >= 0.6 is 0 Å². The van der Waals surface area contributed by atoms with Gasteiger partial charge in [0.1, 0.15) is 5.82 Å². The standard InChI is InChI=1S/C13H18N2.C8H17N.C2H6/c1-5-12-14-10-7-6-9(13(2,3)4)8-11(10)15-12;1-7(2)9(3)8-5-4-6-8;1-2/h6-8H,5H2,1-4H3,(H,14,15);7-8H,4-6H2,1-3H3;1-2H3. The van der Waals surface area contributed by atoms with E-state index in [1.165, 1.54) is 24.8 Å². The highest BCUT2D eigenvalue weighted by Gasteiger charge is 2.22. The first-order chi connectivity index (χ1) is 12.2. The molecule has 0 amide bonds. The fourth-order valence-corrected chi connectivity index (χ4v) is 2.91. The number of benzene rings is 1. The second kappa shape index (κ2) is 10.1. The van der Waals surface area contributed by atoms with E-state index < -0.39 is 0 Å². The normalized spacial score (nSPS) is 14.6. The van der Waals surface area contributed by atoms with E-state index in [-0.39, 0.29) is 5.41 Å². The number of nitrogens with zero attached hydrogens (tertiary/aromatic N) is 2. The molecule has 3 rings (SSSR count). The van der Waals surface area contributed by atoms with E-state index in [2.05, 4.69) is 81.7 Å². The van der Waals surface area contributed by atoms with Crippen LogP contribution in [0.5, 0.6) is 0 Å². The van der Waals surface area contributed by atoms with Gasteiger partial charge in [-0.05, 0) is 56.8 Å². The minimum absolute atomic E-state index is 0.200. The molecule has 1 saturated carbocycles. The van der Waals surface area contributed by atoms with Gasteiger partial charge in [0.05, 0.1) is 11.0 Å². The summed E-state index contributed by atoms with van der Waals surface area (Å²) in [5, 5.41) is 0. The quantitative estimate of drug-likeness (QED) is 0.694. The third-order valence-corrected chi connectivity index (χ3v) is 5.20. The molecule has 1 aromatic heterocycles. The molecule has 0 bridgehead atoms. The highest BCUT2D eigenvalue weighted by atomic mass is 15.2. The Morgan fingerprint density at radius 1 is 1.19 bits per heavy atom. The Bertz CT molecular complexity index is 645. The van der Waals surface area contributed by atoms with Gasteiger partial charge in [-0.1, -0.05) is 54.0 Å². The molecule has 1 fully saturated rings. The van der Waals surface area contributed by atoms with Crippen molar-refractivity contribution >= 4 is 11.0 Å². The molecule has 0 aliphatic heterocycles. The van der Waals surface area contributed by atoms with Crippen molar-refractivity contribution in [2.75, 3.05) is 7.05 Å². The molecule has 0 radical (unpaired) electrons. The van der Waals surface area contributed by atoms with Crippen LogP contribution in [0.1, 0.15) is 86.0 Å². The summed E-state index contributed by atoms with van der Waals surface area (Å²) in [7, 11) is 2.23. The van der Waals surface area contributed by atoms with E-state index in [1.807, 2.05) is 13.8 Å². The van der Waals surface area contributed by atoms with Crippen LogP contribution in [0, 0.1) is 0 Å². The molecule has 1 heterocycles. The van der Waals surface area contributed by atoms with Crippen molar-refractivity contribution in [3.8, 4) is 0 Å². The average Bonchev–Trinajstić information content (AvgIpc) is 2.97. The van der Waals surface area contributed by atoms with Gasteiger partial charge in [-0.25, -0.2) is 4.98 Å². The molecule has 0 unspecified atom stereocenters. The highest BCUT2D eigenvalue weighted by Crippen LogP contribution is 2.25. The van der Waals surface area contributed by atoms with Crippen molar-refractivity contribution in [1.29, 1.82) is 0 Å². The van der Waals surface area contributed by atoms with Gasteiger partial charge in [-0.2, -0.15) is 0 Å². The van der Waals surface area contributed by atoms with Crippen LogP contribution in [0.3, 0.4) is 0 Å². The number of imidazole rings is 1. The van der Waals surface area contributed by atoms with Crippen molar-refractivity contribution in [2.24, 2.45) is 0 Å². The summed E-state index contributed by atoms with van der Waals surface area (Å²) in [6, 6.07) is 8.12. The first-order valence-electron chi connectivity index (χ1n) is 10.4. The van der Waals surface area contributed by atoms with Crippen molar-refractivity contribution in [3.05, 3.63) is 29.6 Å². The molecule has 26 heavy (non-hydrogen) atoms. The highest BCUT2D eigenvalue weighted by molar-refractivity contribution is 5.76. The molecule has 3 heteroatoms. The first kappa shape index (κ1) is 22.7. The lowest BCUT2D eigenvalue weighted by molar-refractivity contribution is 0.126.